The number of hydrogen-bond acceptors (Lipinski definition) is 2. The number of nitrogens with one attached hydrogen (secondary N) is 1. The molecular weight excluding hydrogens is 238 g/mol. The highest BCUT2D eigenvalue weighted by atomic mass is 16.1. The Morgan fingerprint density at radius 1 is 1.32 bits per heavy atom. The molecule has 1 aromatic carbocycles. The molecule has 3 N–H and O–H groups in total. The van der Waals surface area contributed by atoms with Crippen LogP contribution >= 0.6 is 0 Å². The summed E-state index contributed by atoms with van der Waals surface area (Å²) in [6.45, 7) is 2.65. The Hall–Kier alpha value is -2.23. The lowest BCUT2D eigenvalue weighted by molar-refractivity contribution is 0.0942. The minimum absolute atomic E-state index is 0.106. The van der Waals surface area contributed by atoms with Crippen LogP contribution in [0, 0.1) is 0 Å². The van der Waals surface area contributed by atoms with E-state index in [2.05, 4.69) is 18.3 Å². The van der Waals surface area contributed by atoms with Crippen LogP contribution in [0.3, 0.4) is 0 Å². The molecule has 19 heavy (non-hydrogen) atoms. The smallest absolute Gasteiger partial charge is 0.268 e. The zero-order valence-corrected chi connectivity index (χ0v) is 11.3. The topological polar surface area (TPSA) is 60.1 Å². The van der Waals surface area contributed by atoms with E-state index in [0.717, 1.165) is 12.0 Å². The number of carbonyl (C=O) groups excluding carboxylic acids is 1. The van der Waals surface area contributed by atoms with E-state index in [4.69, 9.17) is 5.73 Å². The number of aromatic nitrogens is 1. The summed E-state index contributed by atoms with van der Waals surface area (Å²) in [5.74, 6) is -0.106. The number of benzene rings is 1. The predicted molar refractivity (Wildman–Crippen MR) is 76.8 cm³/mol. The van der Waals surface area contributed by atoms with Gasteiger partial charge >= 0.3 is 0 Å². The molecule has 0 spiro atoms. The van der Waals surface area contributed by atoms with Gasteiger partial charge in [0.1, 0.15) is 5.69 Å². The second kappa shape index (κ2) is 5.61. The highest BCUT2D eigenvalue weighted by Crippen LogP contribution is 2.11. The van der Waals surface area contributed by atoms with Crippen LogP contribution in [-0.4, -0.2) is 10.5 Å². The van der Waals surface area contributed by atoms with E-state index in [1.165, 1.54) is 5.56 Å². The molecule has 0 aliphatic rings. The number of nitrogens with two attached hydrogens (primary N) is 1. The largest absolute Gasteiger partial charge is 0.397 e. The highest BCUT2D eigenvalue weighted by Gasteiger charge is 2.10. The van der Waals surface area contributed by atoms with Crippen molar-refractivity contribution in [3.63, 3.8) is 0 Å². The molecule has 0 fully saturated rings. The molecule has 100 valence electrons. The summed E-state index contributed by atoms with van der Waals surface area (Å²) in [6, 6.07) is 9.81. The SMILES string of the molecule is CCc1ccccc1CNC(=O)c1cc(N)cn1C. The quantitative estimate of drug-likeness (QED) is 0.881. The Kier molecular flexibility index (Phi) is 3.90. The van der Waals surface area contributed by atoms with Gasteiger partial charge in [-0.05, 0) is 23.6 Å². The van der Waals surface area contributed by atoms with Crippen LogP contribution in [0.15, 0.2) is 36.5 Å². The van der Waals surface area contributed by atoms with Gasteiger partial charge in [0.25, 0.3) is 5.91 Å². The standard InChI is InChI=1S/C15H19N3O/c1-3-11-6-4-5-7-12(11)9-17-15(19)14-8-13(16)10-18(14)2/h4-8,10H,3,9,16H2,1-2H3,(H,17,19). The number of hydrogen-bond donors (Lipinski definition) is 2. The van der Waals surface area contributed by atoms with E-state index in [-0.39, 0.29) is 5.91 Å². The first-order chi connectivity index (χ1) is 9.11. The monoisotopic (exact) mass is 257 g/mol. The fourth-order valence-corrected chi connectivity index (χ4v) is 2.16. The molecule has 0 aliphatic carbocycles. The van der Waals surface area contributed by atoms with Crippen molar-refractivity contribution in [3.05, 3.63) is 53.3 Å². The molecule has 0 aliphatic heterocycles. The van der Waals surface area contributed by atoms with Crippen molar-refractivity contribution in [3.8, 4) is 0 Å². The zero-order chi connectivity index (χ0) is 13.8. The average Bonchev–Trinajstić information content (AvgIpc) is 2.75. The normalized spacial score (nSPS) is 10.4. The molecule has 2 aromatic rings. The van der Waals surface area contributed by atoms with Crippen LogP contribution in [0.2, 0.25) is 0 Å². The lowest BCUT2D eigenvalue weighted by Gasteiger charge is -2.09. The molecule has 0 unspecified atom stereocenters. The summed E-state index contributed by atoms with van der Waals surface area (Å²) >= 11 is 0. The summed E-state index contributed by atoms with van der Waals surface area (Å²) in [5, 5.41) is 2.93. The second-order valence-corrected chi connectivity index (χ2v) is 4.57. The number of aryl methyl sites for hydroxylation is 2. The number of carbonyl (C=O) groups is 1. The van der Waals surface area contributed by atoms with Crippen LogP contribution < -0.4 is 11.1 Å². The fourth-order valence-electron chi connectivity index (χ4n) is 2.16. The van der Waals surface area contributed by atoms with E-state index in [1.54, 1.807) is 16.8 Å². The molecule has 4 nitrogen and oxygen atoms in total. The van der Waals surface area contributed by atoms with Crippen molar-refractivity contribution in [2.75, 3.05) is 5.73 Å². The first-order valence-electron chi connectivity index (χ1n) is 6.38. The number of rotatable bonds is 4. The van der Waals surface area contributed by atoms with Crippen LogP contribution in [0.4, 0.5) is 5.69 Å². The van der Waals surface area contributed by atoms with Crippen LogP contribution in [-0.2, 0) is 20.0 Å². The maximum Gasteiger partial charge on any atom is 0.268 e. The van der Waals surface area contributed by atoms with Crippen molar-refractivity contribution in [2.24, 2.45) is 7.05 Å². The molecule has 1 amide bonds. The molecule has 0 saturated carbocycles. The third-order valence-electron chi connectivity index (χ3n) is 3.20. The van der Waals surface area contributed by atoms with Crippen LogP contribution in [0.25, 0.3) is 0 Å². The molecule has 0 saturated heterocycles. The highest BCUT2D eigenvalue weighted by molar-refractivity contribution is 5.93. The van der Waals surface area contributed by atoms with Crippen molar-refractivity contribution in [1.29, 1.82) is 0 Å². The minimum Gasteiger partial charge on any atom is -0.397 e. The number of nitrogen functional groups attached to an aromatic ring is 1. The van der Waals surface area contributed by atoms with Crippen LogP contribution in [0.5, 0.6) is 0 Å². The predicted octanol–water partition coefficient (Wildman–Crippen LogP) is 2.10. The summed E-state index contributed by atoms with van der Waals surface area (Å²) in [5.41, 5.74) is 9.26. The van der Waals surface area contributed by atoms with Crippen molar-refractivity contribution >= 4 is 11.6 Å². The Bertz CT molecular complexity index is 587. The van der Waals surface area contributed by atoms with E-state index < -0.39 is 0 Å². The van der Waals surface area contributed by atoms with E-state index in [9.17, 15) is 4.79 Å². The van der Waals surface area contributed by atoms with E-state index in [1.807, 2.05) is 25.2 Å². The zero-order valence-electron chi connectivity index (χ0n) is 11.3. The second-order valence-electron chi connectivity index (χ2n) is 4.57. The summed E-state index contributed by atoms with van der Waals surface area (Å²) in [4.78, 5) is 12.1. The van der Waals surface area contributed by atoms with Gasteiger partial charge in [-0.15, -0.1) is 0 Å². The minimum atomic E-state index is -0.106. The summed E-state index contributed by atoms with van der Waals surface area (Å²) in [7, 11) is 1.81. The lowest BCUT2D eigenvalue weighted by atomic mass is 10.1. The third kappa shape index (κ3) is 2.96. The molecule has 0 atom stereocenters. The lowest BCUT2D eigenvalue weighted by Crippen LogP contribution is -2.25. The van der Waals surface area contributed by atoms with Gasteiger partial charge in [0, 0.05) is 19.8 Å². The maximum absolute atomic E-state index is 12.1. The third-order valence-corrected chi connectivity index (χ3v) is 3.20. The molecular formula is C15H19N3O. The summed E-state index contributed by atoms with van der Waals surface area (Å²) in [6.07, 6.45) is 2.69. The molecule has 0 bridgehead atoms. The van der Waals surface area contributed by atoms with Gasteiger partial charge in [-0.1, -0.05) is 31.2 Å². The van der Waals surface area contributed by atoms with Gasteiger partial charge < -0.3 is 15.6 Å². The van der Waals surface area contributed by atoms with Gasteiger partial charge in [-0.2, -0.15) is 0 Å². The Morgan fingerprint density at radius 2 is 2.00 bits per heavy atom. The maximum atomic E-state index is 12.1. The van der Waals surface area contributed by atoms with Crippen LogP contribution in [0.1, 0.15) is 28.5 Å². The van der Waals surface area contributed by atoms with Crippen molar-refractivity contribution in [2.45, 2.75) is 19.9 Å². The first kappa shape index (κ1) is 13.2. The summed E-state index contributed by atoms with van der Waals surface area (Å²) < 4.78 is 1.73. The Balaban J connectivity index is 2.06. The van der Waals surface area contributed by atoms with Gasteiger partial charge in [0.05, 0.1) is 5.69 Å². The fraction of sp³-hybridized carbons (Fsp3) is 0.267. The van der Waals surface area contributed by atoms with E-state index in [0.29, 0.717) is 17.9 Å². The Labute approximate surface area is 113 Å². The molecule has 1 aromatic heterocycles. The van der Waals surface area contributed by atoms with Gasteiger partial charge in [-0.25, -0.2) is 0 Å². The molecule has 4 heteroatoms. The van der Waals surface area contributed by atoms with E-state index >= 15 is 0 Å². The number of amides is 1. The molecule has 2 rings (SSSR count). The average molecular weight is 257 g/mol. The molecule has 0 radical (unpaired) electrons. The number of anilines is 1. The van der Waals surface area contributed by atoms with Crippen molar-refractivity contribution in [1.82, 2.24) is 9.88 Å². The number of nitrogens with zero attached hydrogens (tertiary/aromatic N) is 1. The molecule has 1 heterocycles. The Morgan fingerprint density at radius 3 is 2.58 bits per heavy atom. The van der Waals surface area contributed by atoms with Crippen molar-refractivity contribution < 1.29 is 4.79 Å². The van der Waals surface area contributed by atoms with Gasteiger partial charge in [0.2, 0.25) is 0 Å². The van der Waals surface area contributed by atoms with Gasteiger partial charge in [0.15, 0.2) is 0 Å². The first-order valence-corrected chi connectivity index (χ1v) is 6.38. The van der Waals surface area contributed by atoms with Gasteiger partial charge in [-0.3, -0.25) is 4.79 Å².